The topological polar surface area (TPSA) is 126 Å². The summed E-state index contributed by atoms with van der Waals surface area (Å²) in [5.74, 6) is -2.25. The average Bonchev–Trinajstić information content (AvgIpc) is 2.84. The molecule has 0 spiro atoms. The monoisotopic (exact) mass is 494 g/mol. The van der Waals surface area contributed by atoms with Crippen LogP contribution in [0.5, 0.6) is 17.2 Å². The van der Waals surface area contributed by atoms with Crippen molar-refractivity contribution in [3.8, 4) is 17.2 Å². The number of rotatable bonds is 6. The summed E-state index contributed by atoms with van der Waals surface area (Å²) in [6, 6.07) is 11.3. The number of amides is 1. The number of piperazine rings is 1. The molecule has 1 fully saturated rings. The van der Waals surface area contributed by atoms with Crippen molar-refractivity contribution in [2.75, 3.05) is 47.5 Å². The predicted molar refractivity (Wildman–Crippen MR) is 124 cm³/mol. The Labute approximate surface area is 202 Å². The summed E-state index contributed by atoms with van der Waals surface area (Å²) in [6.45, 7) is 3.83. The van der Waals surface area contributed by atoms with Crippen LogP contribution in [0.3, 0.4) is 0 Å². The number of benzene rings is 2. The molecule has 1 heterocycles. The zero-order valence-electron chi connectivity index (χ0n) is 19.1. The molecule has 2 aromatic carbocycles. The van der Waals surface area contributed by atoms with Gasteiger partial charge in [-0.2, -0.15) is 0 Å². The number of nitrogens with zero attached hydrogens (tertiary/aromatic N) is 2. The van der Waals surface area contributed by atoms with Crippen molar-refractivity contribution in [2.45, 2.75) is 6.54 Å². The van der Waals surface area contributed by atoms with Crippen LogP contribution in [-0.4, -0.2) is 85.4 Å². The van der Waals surface area contributed by atoms with Gasteiger partial charge in [-0.05, 0) is 29.8 Å². The number of aliphatic carboxylic acids is 2. The van der Waals surface area contributed by atoms with E-state index in [9.17, 15) is 4.79 Å². The molecule has 1 aliphatic rings. The third-order valence-electron chi connectivity index (χ3n) is 5.07. The van der Waals surface area contributed by atoms with Gasteiger partial charge >= 0.3 is 11.9 Å². The van der Waals surface area contributed by atoms with E-state index >= 15 is 0 Å². The number of carbonyl (C=O) groups is 3. The Morgan fingerprint density at radius 1 is 0.853 bits per heavy atom. The Balaban J connectivity index is 0.000000604. The standard InChI is InChI=1S/C21H25ClN2O4.C2H2O4/c1-26-18-12-16(13-19(27-2)20(18)28-3)21(25)24-10-8-23(9-11-24)14-15-4-6-17(22)7-5-15;3-1(4)2(5)6/h4-7,12-13H,8-11,14H2,1-3H3;(H,3,4)(H,5,6). The summed E-state index contributed by atoms with van der Waals surface area (Å²) in [7, 11) is 4.63. The lowest BCUT2D eigenvalue weighted by Crippen LogP contribution is -2.48. The molecular weight excluding hydrogens is 468 g/mol. The van der Waals surface area contributed by atoms with Gasteiger partial charge < -0.3 is 29.3 Å². The molecule has 10 nitrogen and oxygen atoms in total. The Hall–Kier alpha value is -3.50. The fraction of sp³-hybridized carbons (Fsp3) is 0.348. The fourth-order valence-corrected chi connectivity index (χ4v) is 3.47. The summed E-state index contributed by atoms with van der Waals surface area (Å²) in [5, 5.41) is 15.5. The SMILES string of the molecule is COc1cc(C(=O)N2CCN(Cc3ccc(Cl)cc3)CC2)cc(OC)c1OC.O=C(O)C(=O)O. The maximum Gasteiger partial charge on any atom is 0.414 e. The highest BCUT2D eigenvalue weighted by Gasteiger charge is 2.24. The maximum absolute atomic E-state index is 13.0. The van der Waals surface area contributed by atoms with Gasteiger partial charge in [-0.15, -0.1) is 0 Å². The zero-order chi connectivity index (χ0) is 25.3. The van der Waals surface area contributed by atoms with Gasteiger partial charge in [0.1, 0.15) is 0 Å². The van der Waals surface area contributed by atoms with Gasteiger partial charge in [0.15, 0.2) is 11.5 Å². The van der Waals surface area contributed by atoms with Crippen LogP contribution in [0.2, 0.25) is 5.02 Å². The molecular formula is C23H27ClN2O8. The second-order valence-corrected chi connectivity index (χ2v) is 7.66. The quantitative estimate of drug-likeness (QED) is 0.582. The molecule has 3 rings (SSSR count). The molecule has 0 atom stereocenters. The van der Waals surface area contributed by atoms with Crippen LogP contribution in [0.4, 0.5) is 0 Å². The van der Waals surface area contributed by atoms with Crippen LogP contribution in [0.1, 0.15) is 15.9 Å². The predicted octanol–water partition coefficient (Wildman–Crippen LogP) is 2.48. The molecule has 2 N–H and O–H groups in total. The highest BCUT2D eigenvalue weighted by Crippen LogP contribution is 2.38. The first-order chi connectivity index (χ1) is 16.2. The molecule has 184 valence electrons. The second kappa shape index (κ2) is 12.7. The zero-order valence-corrected chi connectivity index (χ0v) is 19.9. The maximum atomic E-state index is 13.0. The van der Waals surface area contributed by atoms with E-state index in [2.05, 4.69) is 4.90 Å². The largest absolute Gasteiger partial charge is 0.493 e. The molecule has 0 saturated carbocycles. The summed E-state index contributed by atoms with van der Waals surface area (Å²) < 4.78 is 16.0. The van der Waals surface area contributed by atoms with Crippen LogP contribution < -0.4 is 14.2 Å². The fourth-order valence-electron chi connectivity index (χ4n) is 3.34. The normalized spacial score (nSPS) is 13.4. The van der Waals surface area contributed by atoms with E-state index in [0.29, 0.717) is 35.9 Å². The van der Waals surface area contributed by atoms with Crippen molar-refractivity contribution in [1.82, 2.24) is 9.80 Å². The average molecular weight is 495 g/mol. The van der Waals surface area contributed by atoms with Crippen molar-refractivity contribution in [1.29, 1.82) is 0 Å². The summed E-state index contributed by atoms with van der Waals surface area (Å²) in [4.78, 5) is 35.4. The smallest absolute Gasteiger partial charge is 0.414 e. The van der Waals surface area contributed by atoms with Gasteiger partial charge in [-0.1, -0.05) is 23.7 Å². The lowest BCUT2D eigenvalue weighted by molar-refractivity contribution is -0.159. The summed E-state index contributed by atoms with van der Waals surface area (Å²) >= 11 is 5.95. The Kier molecular flexibility index (Phi) is 9.96. The number of halogens is 1. The molecule has 0 aromatic heterocycles. The third-order valence-corrected chi connectivity index (χ3v) is 5.33. The van der Waals surface area contributed by atoms with Crippen LogP contribution in [0, 0.1) is 0 Å². The minimum Gasteiger partial charge on any atom is -0.493 e. The summed E-state index contributed by atoms with van der Waals surface area (Å²) in [6.07, 6.45) is 0. The molecule has 0 bridgehead atoms. The van der Waals surface area contributed by atoms with Gasteiger partial charge in [0.25, 0.3) is 5.91 Å². The first kappa shape index (κ1) is 26.7. The van der Waals surface area contributed by atoms with Gasteiger partial charge in [0.2, 0.25) is 5.75 Å². The minimum absolute atomic E-state index is 0.0367. The first-order valence-electron chi connectivity index (χ1n) is 10.2. The highest BCUT2D eigenvalue weighted by atomic mass is 35.5. The number of hydrogen-bond acceptors (Lipinski definition) is 7. The molecule has 34 heavy (non-hydrogen) atoms. The van der Waals surface area contributed by atoms with Crippen LogP contribution in [-0.2, 0) is 16.1 Å². The van der Waals surface area contributed by atoms with Crippen LogP contribution in [0.15, 0.2) is 36.4 Å². The molecule has 0 radical (unpaired) electrons. The van der Waals surface area contributed by atoms with Gasteiger partial charge in [-0.3, -0.25) is 9.69 Å². The molecule has 0 aliphatic carbocycles. The van der Waals surface area contributed by atoms with Crippen molar-refractivity contribution in [3.63, 3.8) is 0 Å². The summed E-state index contributed by atoms with van der Waals surface area (Å²) in [5.41, 5.74) is 1.74. The molecule has 11 heteroatoms. The Bertz CT molecular complexity index is 968. The van der Waals surface area contributed by atoms with Crippen molar-refractivity contribution in [3.05, 3.63) is 52.5 Å². The van der Waals surface area contributed by atoms with Crippen molar-refractivity contribution >= 4 is 29.4 Å². The van der Waals surface area contributed by atoms with E-state index in [1.54, 1.807) is 33.5 Å². The third kappa shape index (κ3) is 7.26. The Morgan fingerprint density at radius 2 is 1.35 bits per heavy atom. The van der Waals surface area contributed by atoms with E-state index in [0.717, 1.165) is 24.7 Å². The Morgan fingerprint density at radius 3 is 1.76 bits per heavy atom. The van der Waals surface area contributed by atoms with E-state index in [1.165, 1.54) is 5.56 Å². The van der Waals surface area contributed by atoms with Gasteiger partial charge in [0, 0.05) is 43.3 Å². The molecule has 0 unspecified atom stereocenters. The van der Waals surface area contributed by atoms with Crippen molar-refractivity contribution in [2.24, 2.45) is 0 Å². The molecule has 1 aliphatic heterocycles. The van der Waals surface area contributed by atoms with E-state index in [4.69, 9.17) is 45.6 Å². The van der Waals surface area contributed by atoms with Gasteiger partial charge in [0.05, 0.1) is 21.3 Å². The minimum atomic E-state index is -1.82. The van der Waals surface area contributed by atoms with Crippen LogP contribution >= 0.6 is 11.6 Å². The molecule has 1 amide bonds. The first-order valence-corrected chi connectivity index (χ1v) is 10.6. The number of carbonyl (C=O) groups excluding carboxylic acids is 1. The number of carboxylic acids is 2. The number of carboxylic acid groups (broad SMARTS) is 2. The van der Waals surface area contributed by atoms with Crippen LogP contribution in [0.25, 0.3) is 0 Å². The van der Waals surface area contributed by atoms with Crippen molar-refractivity contribution < 1.29 is 38.8 Å². The number of ether oxygens (including phenoxy) is 3. The molecule has 2 aromatic rings. The second-order valence-electron chi connectivity index (χ2n) is 7.22. The number of hydrogen-bond donors (Lipinski definition) is 2. The lowest BCUT2D eigenvalue weighted by Gasteiger charge is -2.35. The number of methoxy groups -OCH3 is 3. The molecule has 1 saturated heterocycles. The van der Waals surface area contributed by atoms with E-state index in [1.807, 2.05) is 29.2 Å². The van der Waals surface area contributed by atoms with E-state index in [-0.39, 0.29) is 5.91 Å². The highest BCUT2D eigenvalue weighted by molar-refractivity contribution is 6.30. The van der Waals surface area contributed by atoms with Gasteiger partial charge in [-0.25, -0.2) is 9.59 Å². The lowest BCUT2D eigenvalue weighted by atomic mass is 10.1. The van der Waals surface area contributed by atoms with E-state index < -0.39 is 11.9 Å².